The van der Waals surface area contributed by atoms with Crippen LogP contribution in [-0.2, 0) is 24.9 Å². The molecule has 0 amide bonds. The summed E-state index contributed by atoms with van der Waals surface area (Å²) >= 11 is 0. The summed E-state index contributed by atoms with van der Waals surface area (Å²) in [7, 11) is 5.69. The van der Waals surface area contributed by atoms with Crippen molar-refractivity contribution in [1.82, 2.24) is 20.0 Å². The van der Waals surface area contributed by atoms with E-state index in [4.69, 9.17) is 4.74 Å². The van der Waals surface area contributed by atoms with Crippen LogP contribution in [0.2, 0.25) is 0 Å². The van der Waals surface area contributed by atoms with Crippen LogP contribution in [0.3, 0.4) is 0 Å². The molecule has 2 aromatic rings. The molecule has 172 valence electrons. The first-order valence-electron chi connectivity index (χ1n) is 10.4. The number of aromatic nitrogens is 2. The van der Waals surface area contributed by atoms with Gasteiger partial charge in [0.2, 0.25) is 0 Å². The number of nitrogens with zero attached hydrogens (tertiary/aromatic N) is 5. The van der Waals surface area contributed by atoms with E-state index in [0.29, 0.717) is 37.9 Å². The fourth-order valence-electron chi connectivity index (χ4n) is 3.78. The Bertz CT molecular complexity index is 879. The van der Waals surface area contributed by atoms with E-state index in [1.165, 1.54) is 5.56 Å². The van der Waals surface area contributed by atoms with Gasteiger partial charge in [-0.2, -0.15) is 5.10 Å². The molecule has 1 fully saturated rings. The highest BCUT2D eigenvalue weighted by Crippen LogP contribution is 2.22. The van der Waals surface area contributed by atoms with E-state index >= 15 is 0 Å². The van der Waals surface area contributed by atoms with Crippen molar-refractivity contribution < 1.29 is 9.13 Å². The number of morpholine rings is 1. The average Bonchev–Trinajstić information content (AvgIpc) is 3.09. The van der Waals surface area contributed by atoms with Crippen LogP contribution in [0.25, 0.3) is 0 Å². The van der Waals surface area contributed by atoms with Crippen LogP contribution in [-0.4, -0.2) is 61.0 Å². The highest BCUT2D eigenvalue weighted by atomic mass is 127. The number of halogens is 2. The first-order chi connectivity index (χ1) is 14.4. The minimum absolute atomic E-state index is 0. The lowest BCUT2D eigenvalue weighted by atomic mass is 10.1. The zero-order valence-corrected chi connectivity index (χ0v) is 21.4. The second-order valence-electron chi connectivity index (χ2n) is 8.01. The maximum atomic E-state index is 14.6. The van der Waals surface area contributed by atoms with Crippen LogP contribution >= 0.6 is 24.0 Å². The first kappa shape index (κ1) is 25.4. The van der Waals surface area contributed by atoms with E-state index in [-0.39, 0.29) is 29.8 Å². The van der Waals surface area contributed by atoms with Gasteiger partial charge >= 0.3 is 0 Å². The van der Waals surface area contributed by atoms with Gasteiger partial charge in [-0.1, -0.05) is 19.9 Å². The van der Waals surface area contributed by atoms with Gasteiger partial charge in [0.25, 0.3) is 0 Å². The third-order valence-electron chi connectivity index (χ3n) is 5.28. The molecule has 0 unspecified atom stereocenters. The van der Waals surface area contributed by atoms with Gasteiger partial charge in [0, 0.05) is 59.1 Å². The van der Waals surface area contributed by atoms with Crippen LogP contribution in [0, 0.1) is 5.82 Å². The molecule has 1 N–H and O–H groups in total. The molecule has 0 saturated carbocycles. The number of guanidine groups is 1. The molecule has 1 aliphatic heterocycles. The number of aliphatic imine (C=N–C) groups is 1. The van der Waals surface area contributed by atoms with Crippen molar-refractivity contribution in [3.05, 3.63) is 47.0 Å². The second-order valence-corrected chi connectivity index (χ2v) is 8.01. The summed E-state index contributed by atoms with van der Waals surface area (Å²) in [5.74, 6) is 0.917. The smallest absolute Gasteiger partial charge is 0.193 e. The van der Waals surface area contributed by atoms with E-state index in [1.807, 2.05) is 35.8 Å². The van der Waals surface area contributed by atoms with Gasteiger partial charge in [-0.25, -0.2) is 4.39 Å². The molecular formula is C22H34FIN6O. The van der Waals surface area contributed by atoms with Crippen LogP contribution in [0.15, 0.2) is 29.4 Å². The van der Waals surface area contributed by atoms with Crippen LogP contribution in [0.4, 0.5) is 10.1 Å². The average molecular weight is 544 g/mol. The Kier molecular flexibility index (Phi) is 9.54. The summed E-state index contributed by atoms with van der Waals surface area (Å²) in [6.07, 6.45) is 2.05. The van der Waals surface area contributed by atoms with E-state index < -0.39 is 0 Å². The molecule has 0 aliphatic carbocycles. The van der Waals surface area contributed by atoms with Gasteiger partial charge in [-0.15, -0.1) is 24.0 Å². The Morgan fingerprint density at radius 3 is 2.65 bits per heavy atom. The SMILES string of the molecule is CN=C(NCc1ccc(N2CCOCC2)c(F)c1)N(C)Cc1cn(C)nc1C(C)C.I. The number of hydrogen-bond donors (Lipinski definition) is 1. The molecule has 1 saturated heterocycles. The normalized spacial score (nSPS) is 14.5. The summed E-state index contributed by atoms with van der Waals surface area (Å²) in [5, 5.41) is 7.91. The molecule has 9 heteroatoms. The van der Waals surface area contributed by atoms with Crippen molar-refractivity contribution >= 4 is 35.6 Å². The largest absolute Gasteiger partial charge is 0.378 e. The maximum Gasteiger partial charge on any atom is 0.193 e. The van der Waals surface area contributed by atoms with Gasteiger partial charge in [0.15, 0.2) is 5.96 Å². The predicted molar refractivity (Wildman–Crippen MR) is 134 cm³/mol. The van der Waals surface area contributed by atoms with Crippen LogP contribution in [0.5, 0.6) is 0 Å². The number of ether oxygens (including phenoxy) is 1. The van der Waals surface area contributed by atoms with Gasteiger partial charge in [-0.05, 0) is 23.6 Å². The monoisotopic (exact) mass is 544 g/mol. The number of anilines is 1. The van der Waals surface area contributed by atoms with Crippen molar-refractivity contribution in [2.45, 2.75) is 32.9 Å². The van der Waals surface area contributed by atoms with Gasteiger partial charge in [-0.3, -0.25) is 9.67 Å². The number of aryl methyl sites for hydroxylation is 1. The van der Waals surface area contributed by atoms with Crippen molar-refractivity contribution in [1.29, 1.82) is 0 Å². The summed E-state index contributed by atoms with van der Waals surface area (Å²) < 4.78 is 21.9. The highest BCUT2D eigenvalue weighted by molar-refractivity contribution is 14.0. The van der Waals surface area contributed by atoms with E-state index in [1.54, 1.807) is 13.1 Å². The Hall–Kier alpha value is -1.88. The fraction of sp³-hybridized carbons (Fsp3) is 0.545. The summed E-state index contributed by atoms with van der Waals surface area (Å²) in [4.78, 5) is 8.47. The van der Waals surface area contributed by atoms with Crippen LogP contribution < -0.4 is 10.2 Å². The van der Waals surface area contributed by atoms with E-state index in [0.717, 1.165) is 30.3 Å². The zero-order valence-electron chi connectivity index (χ0n) is 19.1. The van der Waals surface area contributed by atoms with Gasteiger partial charge < -0.3 is 19.9 Å². The summed E-state index contributed by atoms with van der Waals surface area (Å²) in [6, 6.07) is 5.42. The standard InChI is InChI=1S/C22H33FN6O.HI/c1-16(2)21-18(15-28(5)26-21)14-27(4)22(24-3)25-13-17-6-7-20(19(23)12-17)29-8-10-30-11-9-29;/h6-7,12,15-16H,8-11,13-14H2,1-5H3,(H,24,25);1H. The maximum absolute atomic E-state index is 14.6. The zero-order chi connectivity index (χ0) is 21.7. The van der Waals surface area contributed by atoms with E-state index in [9.17, 15) is 4.39 Å². The van der Waals surface area contributed by atoms with Gasteiger partial charge in [0.05, 0.1) is 24.6 Å². The lowest BCUT2D eigenvalue weighted by Crippen LogP contribution is -2.38. The molecule has 31 heavy (non-hydrogen) atoms. The third-order valence-corrected chi connectivity index (χ3v) is 5.28. The Morgan fingerprint density at radius 2 is 2.03 bits per heavy atom. The molecule has 1 aliphatic rings. The molecule has 0 atom stereocenters. The number of nitrogens with one attached hydrogen (secondary N) is 1. The molecular weight excluding hydrogens is 510 g/mol. The Morgan fingerprint density at radius 1 is 1.32 bits per heavy atom. The Balaban J connectivity index is 0.00000341. The number of hydrogen-bond acceptors (Lipinski definition) is 4. The van der Waals surface area contributed by atoms with Crippen molar-refractivity contribution in [3.63, 3.8) is 0 Å². The molecule has 0 bridgehead atoms. The molecule has 3 rings (SSSR count). The molecule has 1 aromatic carbocycles. The van der Waals surface area contributed by atoms with Crippen molar-refractivity contribution in [3.8, 4) is 0 Å². The van der Waals surface area contributed by atoms with Gasteiger partial charge in [0.1, 0.15) is 5.82 Å². The summed E-state index contributed by atoms with van der Waals surface area (Å²) in [6.45, 7) is 8.22. The highest BCUT2D eigenvalue weighted by Gasteiger charge is 2.17. The quantitative estimate of drug-likeness (QED) is 0.344. The third kappa shape index (κ3) is 6.55. The topological polar surface area (TPSA) is 57.9 Å². The molecule has 0 radical (unpaired) electrons. The second kappa shape index (κ2) is 11.7. The van der Waals surface area contributed by atoms with Crippen LogP contribution in [0.1, 0.15) is 36.6 Å². The lowest BCUT2D eigenvalue weighted by Gasteiger charge is -2.29. The molecule has 1 aromatic heterocycles. The fourth-order valence-corrected chi connectivity index (χ4v) is 3.78. The number of rotatable bonds is 6. The molecule has 7 nitrogen and oxygen atoms in total. The van der Waals surface area contributed by atoms with Crippen molar-refractivity contribution in [2.75, 3.05) is 45.3 Å². The first-order valence-corrected chi connectivity index (χ1v) is 10.4. The minimum Gasteiger partial charge on any atom is -0.378 e. The van der Waals surface area contributed by atoms with E-state index in [2.05, 4.69) is 40.4 Å². The van der Waals surface area contributed by atoms with Crippen molar-refractivity contribution in [2.24, 2.45) is 12.0 Å². The Labute approximate surface area is 201 Å². The molecule has 2 heterocycles. The number of benzene rings is 1. The lowest BCUT2D eigenvalue weighted by molar-refractivity contribution is 0.122. The minimum atomic E-state index is -0.198. The predicted octanol–water partition coefficient (Wildman–Crippen LogP) is 3.34. The molecule has 0 spiro atoms. The summed E-state index contributed by atoms with van der Waals surface area (Å²) in [5.41, 5.74) is 3.80.